The Morgan fingerprint density at radius 1 is 1.08 bits per heavy atom. The van der Waals surface area contributed by atoms with Gasteiger partial charge >= 0.3 is 0 Å². The zero-order chi connectivity index (χ0) is 10.1. The maximum Gasteiger partial charge on any atom is 0.192 e. The van der Waals surface area contributed by atoms with E-state index in [2.05, 4.69) is 0 Å². The second-order valence-electron chi connectivity index (χ2n) is 2.29. The Kier molecular flexibility index (Phi) is 6.15. The van der Waals surface area contributed by atoms with Gasteiger partial charge in [-0.25, -0.2) is 0 Å². The molecule has 0 heterocycles. The predicted octanol–water partition coefficient (Wildman–Crippen LogP) is 2.91. The van der Waals surface area contributed by atoms with Gasteiger partial charge in [0, 0.05) is 0 Å². The molecule has 0 saturated heterocycles. The van der Waals surface area contributed by atoms with Crippen LogP contribution in [0.1, 0.15) is 13.3 Å². The zero-order valence-electron chi connectivity index (χ0n) is 7.51. The molecule has 0 unspecified atom stereocenters. The molecule has 3 nitrogen and oxygen atoms in total. The van der Waals surface area contributed by atoms with Crippen LogP contribution in [0.15, 0.2) is 48.2 Å². The minimum atomic E-state index is -0.552. The lowest BCUT2D eigenvalue weighted by Crippen LogP contribution is -1.85. The van der Waals surface area contributed by atoms with Crippen molar-refractivity contribution in [2.24, 2.45) is 0 Å². The van der Waals surface area contributed by atoms with E-state index in [1.54, 1.807) is 12.2 Å². The van der Waals surface area contributed by atoms with E-state index in [1.165, 1.54) is 6.08 Å². The Balaban J connectivity index is 4.11. The predicted molar refractivity (Wildman–Crippen MR) is 52.6 cm³/mol. The van der Waals surface area contributed by atoms with Crippen LogP contribution in [0.4, 0.5) is 0 Å². The van der Waals surface area contributed by atoms with E-state index in [4.69, 9.17) is 15.3 Å². The number of aliphatic hydroxyl groups excluding tert-OH is 3. The van der Waals surface area contributed by atoms with E-state index in [9.17, 15) is 0 Å². The van der Waals surface area contributed by atoms with Gasteiger partial charge in [-0.1, -0.05) is 31.2 Å². The van der Waals surface area contributed by atoms with E-state index < -0.39 is 5.76 Å². The lowest BCUT2D eigenvalue weighted by molar-refractivity contribution is 0.304. The highest BCUT2D eigenvalue weighted by Crippen LogP contribution is 2.00. The fraction of sp³-hybridized carbons (Fsp3) is 0.200. The smallest absolute Gasteiger partial charge is 0.192 e. The monoisotopic (exact) mass is 182 g/mol. The molecule has 0 aliphatic carbocycles. The van der Waals surface area contributed by atoms with Crippen LogP contribution in [0.2, 0.25) is 0 Å². The van der Waals surface area contributed by atoms with E-state index in [0.29, 0.717) is 6.26 Å². The van der Waals surface area contributed by atoms with Crippen molar-refractivity contribution in [1.82, 2.24) is 0 Å². The molecule has 0 aromatic carbocycles. The summed E-state index contributed by atoms with van der Waals surface area (Å²) in [7, 11) is 0. The molecule has 0 amide bonds. The summed E-state index contributed by atoms with van der Waals surface area (Å²) in [5, 5.41) is 26.0. The summed E-state index contributed by atoms with van der Waals surface area (Å²) < 4.78 is 0. The Morgan fingerprint density at radius 3 is 2.31 bits per heavy atom. The Labute approximate surface area is 77.6 Å². The zero-order valence-corrected chi connectivity index (χ0v) is 7.51. The molecule has 0 radical (unpaired) electrons. The van der Waals surface area contributed by atoms with Crippen molar-refractivity contribution in [3.8, 4) is 0 Å². The first kappa shape index (κ1) is 11.4. The average Bonchev–Trinajstić information content (AvgIpc) is 2.16. The molecule has 3 N–H and O–H groups in total. The quantitative estimate of drug-likeness (QED) is 0.462. The minimum absolute atomic E-state index is 0.372. The molecule has 0 saturated carbocycles. The van der Waals surface area contributed by atoms with Crippen molar-refractivity contribution >= 4 is 0 Å². The van der Waals surface area contributed by atoms with E-state index in [-0.39, 0.29) is 5.76 Å². The van der Waals surface area contributed by atoms with Crippen molar-refractivity contribution in [3.05, 3.63) is 48.2 Å². The molecule has 0 fully saturated rings. The number of allylic oxidation sites excluding steroid dienone is 5. The second kappa shape index (κ2) is 7.03. The molecule has 3 heteroatoms. The molecule has 13 heavy (non-hydrogen) atoms. The second-order valence-corrected chi connectivity index (χ2v) is 2.29. The van der Waals surface area contributed by atoms with Crippen molar-refractivity contribution in [2.75, 3.05) is 0 Å². The van der Waals surface area contributed by atoms with Crippen LogP contribution in [0.3, 0.4) is 0 Å². The summed E-state index contributed by atoms with van der Waals surface area (Å²) in [4.78, 5) is 0. The largest absolute Gasteiger partial charge is 0.512 e. The maximum absolute atomic E-state index is 8.98. The van der Waals surface area contributed by atoms with Crippen molar-refractivity contribution in [1.29, 1.82) is 0 Å². The molecule has 0 spiro atoms. The molecule has 0 atom stereocenters. The normalized spacial score (nSPS) is 14.5. The number of aliphatic hydroxyl groups is 3. The van der Waals surface area contributed by atoms with Gasteiger partial charge in [0.05, 0.1) is 0 Å². The van der Waals surface area contributed by atoms with Crippen molar-refractivity contribution in [2.45, 2.75) is 13.3 Å². The third-order valence-corrected chi connectivity index (χ3v) is 1.23. The fourth-order valence-electron chi connectivity index (χ4n) is 0.577. The highest BCUT2D eigenvalue weighted by molar-refractivity contribution is 5.22. The lowest BCUT2D eigenvalue weighted by Gasteiger charge is -1.92. The summed E-state index contributed by atoms with van der Waals surface area (Å²) in [5.41, 5.74) is 0. The average molecular weight is 182 g/mol. The minimum Gasteiger partial charge on any atom is -0.512 e. The maximum atomic E-state index is 8.98. The topological polar surface area (TPSA) is 60.7 Å². The van der Waals surface area contributed by atoms with Gasteiger partial charge in [-0.05, 0) is 12.5 Å². The number of rotatable bonds is 4. The van der Waals surface area contributed by atoms with Crippen molar-refractivity contribution in [3.63, 3.8) is 0 Å². The molecule has 0 aromatic heterocycles. The number of hydrogen-bond acceptors (Lipinski definition) is 3. The lowest BCUT2D eigenvalue weighted by atomic mass is 10.3. The van der Waals surface area contributed by atoms with Crippen LogP contribution in [0, 0.1) is 0 Å². The third kappa shape index (κ3) is 5.61. The highest BCUT2D eigenvalue weighted by Gasteiger charge is 1.95. The van der Waals surface area contributed by atoms with Gasteiger partial charge in [-0.3, -0.25) is 0 Å². The van der Waals surface area contributed by atoms with Crippen LogP contribution in [0.25, 0.3) is 0 Å². The van der Waals surface area contributed by atoms with Crippen LogP contribution in [-0.2, 0) is 0 Å². The molecule has 0 aliphatic heterocycles. The Bertz CT molecular complexity index is 247. The van der Waals surface area contributed by atoms with Gasteiger partial charge in [0.2, 0.25) is 0 Å². The molecule has 72 valence electrons. The van der Waals surface area contributed by atoms with Crippen molar-refractivity contribution < 1.29 is 15.3 Å². The molecular weight excluding hydrogens is 168 g/mol. The van der Waals surface area contributed by atoms with Gasteiger partial charge < -0.3 is 15.3 Å². The summed E-state index contributed by atoms with van der Waals surface area (Å²) in [6.07, 6.45) is 9.70. The highest BCUT2D eigenvalue weighted by atomic mass is 16.3. The molecule has 0 aliphatic rings. The Hall–Kier alpha value is -1.64. The summed E-state index contributed by atoms with van der Waals surface area (Å²) >= 11 is 0. The molecule has 0 bridgehead atoms. The van der Waals surface area contributed by atoms with Crippen LogP contribution < -0.4 is 0 Å². The van der Waals surface area contributed by atoms with Gasteiger partial charge in [-0.2, -0.15) is 0 Å². The fourth-order valence-corrected chi connectivity index (χ4v) is 0.577. The summed E-state index contributed by atoms with van der Waals surface area (Å²) in [6.45, 7) is 2.01. The third-order valence-electron chi connectivity index (χ3n) is 1.23. The molecule has 0 aromatic rings. The molecule has 0 rings (SSSR count). The van der Waals surface area contributed by atoms with Crippen LogP contribution >= 0.6 is 0 Å². The summed E-state index contributed by atoms with van der Waals surface area (Å²) in [6, 6.07) is 0. The van der Waals surface area contributed by atoms with Crippen LogP contribution in [0.5, 0.6) is 0 Å². The standard InChI is InChI=1S/C10H14O3/c1-2-3-4-5-6-7-9(12)10(13)8-11/h3-8,11-13H,2H2,1H3. The first-order chi connectivity index (χ1) is 6.22. The summed E-state index contributed by atoms with van der Waals surface area (Å²) in [5.74, 6) is -0.923. The van der Waals surface area contributed by atoms with Crippen LogP contribution in [-0.4, -0.2) is 15.3 Å². The van der Waals surface area contributed by atoms with Gasteiger partial charge in [-0.15, -0.1) is 0 Å². The first-order valence-electron chi connectivity index (χ1n) is 3.98. The molecular formula is C10H14O3. The van der Waals surface area contributed by atoms with E-state index in [1.807, 2.05) is 19.1 Å². The van der Waals surface area contributed by atoms with Gasteiger partial charge in [0.1, 0.15) is 6.26 Å². The van der Waals surface area contributed by atoms with Gasteiger partial charge in [0.25, 0.3) is 0 Å². The number of hydrogen-bond donors (Lipinski definition) is 3. The SMILES string of the molecule is CCC=CC=CC=C(O)C(O)=CO. The first-order valence-corrected chi connectivity index (χ1v) is 3.98. The van der Waals surface area contributed by atoms with E-state index >= 15 is 0 Å². The Morgan fingerprint density at radius 2 is 1.77 bits per heavy atom. The van der Waals surface area contributed by atoms with Gasteiger partial charge in [0.15, 0.2) is 11.5 Å². The van der Waals surface area contributed by atoms with E-state index in [0.717, 1.165) is 6.42 Å².